The number of benzene rings is 2. The summed E-state index contributed by atoms with van der Waals surface area (Å²) in [5.41, 5.74) is 3.39. The fourth-order valence-corrected chi connectivity index (χ4v) is 5.44. The summed E-state index contributed by atoms with van der Waals surface area (Å²) in [4.78, 5) is 0.0205. The predicted molar refractivity (Wildman–Crippen MR) is 101 cm³/mol. The molecule has 1 unspecified atom stereocenters. The van der Waals surface area contributed by atoms with Crippen LogP contribution in [0.5, 0.6) is 0 Å². The van der Waals surface area contributed by atoms with Crippen LogP contribution in [0.1, 0.15) is 11.5 Å². The molecular formula is C17H15ClN2O4S2. The molecule has 0 spiro atoms. The Kier molecular flexibility index (Phi) is 5.17. The molecular weight excluding hydrogens is 396 g/mol. The summed E-state index contributed by atoms with van der Waals surface area (Å²) >= 11 is 5.86. The van der Waals surface area contributed by atoms with Gasteiger partial charge in [-0.25, -0.2) is 16.8 Å². The van der Waals surface area contributed by atoms with E-state index in [2.05, 4.69) is 10.5 Å². The summed E-state index contributed by atoms with van der Waals surface area (Å²) < 4.78 is 49.7. The van der Waals surface area contributed by atoms with E-state index >= 15 is 0 Å². The lowest BCUT2D eigenvalue weighted by molar-refractivity contribution is 0.603. The van der Waals surface area contributed by atoms with Crippen molar-refractivity contribution in [1.82, 2.24) is 5.43 Å². The Bertz CT molecular complexity index is 1060. The van der Waals surface area contributed by atoms with Gasteiger partial charge in [0.2, 0.25) is 19.7 Å². The Morgan fingerprint density at radius 2 is 1.54 bits per heavy atom. The van der Waals surface area contributed by atoms with Crippen LogP contribution in [-0.4, -0.2) is 28.4 Å². The van der Waals surface area contributed by atoms with E-state index in [4.69, 9.17) is 11.6 Å². The highest BCUT2D eigenvalue weighted by Gasteiger charge is 2.32. The maximum absolute atomic E-state index is 12.6. The highest BCUT2D eigenvalue weighted by atomic mass is 35.5. The lowest BCUT2D eigenvalue weighted by atomic mass is 10.0. The van der Waals surface area contributed by atoms with Crippen LogP contribution in [0.2, 0.25) is 5.02 Å². The van der Waals surface area contributed by atoms with Gasteiger partial charge in [0.15, 0.2) is 5.04 Å². The van der Waals surface area contributed by atoms with Crippen molar-refractivity contribution in [3.05, 3.63) is 76.0 Å². The van der Waals surface area contributed by atoms with Gasteiger partial charge >= 0.3 is 0 Å². The Morgan fingerprint density at radius 3 is 2.19 bits per heavy atom. The van der Waals surface area contributed by atoms with Crippen LogP contribution in [0, 0.1) is 0 Å². The number of rotatable bonds is 4. The van der Waals surface area contributed by atoms with Gasteiger partial charge in [0.05, 0.1) is 10.8 Å². The number of nitrogens with one attached hydrogen (secondary N) is 1. The van der Waals surface area contributed by atoms with Crippen molar-refractivity contribution in [2.75, 3.05) is 6.54 Å². The number of hydrogen-bond acceptors (Lipinski definition) is 6. The van der Waals surface area contributed by atoms with Crippen LogP contribution in [0.25, 0.3) is 0 Å². The minimum Gasteiger partial charge on any atom is -0.308 e. The maximum atomic E-state index is 12.6. The largest absolute Gasteiger partial charge is 0.308 e. The van der Waals surface area contributed by atoms with E-state index in [0.717, 1.165) is 5.56 Å². The van der Waals surface area contributed by atoms with E-state index in [1.165, 1.54) is 12.1 Å². The van der Waals surface area contributed by atoms with Crippen molar-refractivity contribution in [2.24, 2.45) is 5.10 Å². The number of nitrogens with zero attached hydrogens (tertiary/aromatic N) is 1. The Labute approximate surface area is 157 Å². The summed E-state index contributed by atoms with van der Waals surface area (Å²) in [6, 6.07) is 14.4. The third kappa shape index (κ3) is 3.98. The second-order valence-corrected chi connectivity index (χ2v) is 9.64. The van der Waals surface area contributed by atoms with Crippen LogP contribution in [-0.2, 0) is 19.7 Å². The molecule has 0 saturated carbocycles. The molecule has 0 aromatic heterocycles. The molecule has 26 heavy (non-hydrogen) atoms. The fourth-order valence-electron chi connectivity index (χ4n) is 2.50. The Balaban J connectivity index is 1.89. The molecule has 3 rings (SSSR count). The smallest absolute Gasteiger partial charge is 0.216 e. The average molecular weight is 411 g/mol. The van der Waals surface area contributed by atoms with Crippen molar-refractivity contribution in [3.63, 3.8) is 0 Å². The molecule has 1 heterocycles. The third-order valence-corrected chi connectivity index (χ3v) is 7.13. The van der Waals surface area contributed by atoms with Crippen molar-refractivity contribution in [3.8, 4) is 0 Å². The van der Waals surface area contributed by atoms with E-state index < -0.39 is 25.6 Å². The zero-order chi connectivity index (χ0) is 18.8. The van der Waals surface area contributed by atoms with Gasteiger partial charge in [-0.3, -0.25) is 0 Å². The maximum Gasteiger partial charge on any atom is 0.216 e. The molecule has 136 valence electrons. The topological polar surface area (TPSA) is 92.7 Å². The summed E-state index contributed by atoms with van der Waals surface area (Å²) in [6.45, 7) is 0.301. The number of sulfone groups is 2. The molecule has 1 N–H and O–H groups in total. The first kappa shape index (κ1) is 18.6. The molecule has 0 radical (unpaired) electrons. The lowest BCUT2D eigenvalue weighted by Crippen LogP contribution is -2.20. The second-order valence-electron chi connectivity index (χ2n) is 5.59. The van der Waals surface area contributed by atoms with E-state index in [0.29, 0.717) is 22.4 Å². The van der Waals surface area contributed by atoms with Crippen LogP contribution >= 0.6 is 11.6 Å². The lowest BCUT2D eigenvalue weighted by Gasteiger charge is -2.11. The highest BCUT2D eigenvalue weighted by molar-refractivity contribution is 8.09. The van der Waals surface area contributed by atoms with E-state index in [1.807, 2.05) is 0 Å². The molecule has 0 bridgehead atoms. The number of hydrazone groups is 1. The minimum absolute atomic E-state index is 0.0205. The fraction of sp³-hybridized carbons (Fsp3) is 0.118. The normalized spacial score (nSPS) is 17.9. The van der Waals surface area contributed by atoms with Crippen LogP contribution in [0.15, 0.2) is 75.4 Å². The molecule has 0 amide bonds. The zero-order valence-corrected chi connectivity index (χ0v) is 15.8. The second kappa shape index (κ2) is 7.22. The molecule has 1 atom stereocenters. The average Bonchev–Trinajstić information content (AvgIpc) is 3.12. The van der Waals surface area contributed by atoms with Crippen LogP contribution < -0.4 is 5.43 Å². The molecule has 0 aliphatic carbocycles. The Hall–Kier alpha value is -2.16. The SMILES string of the molecule is O=S(=O)(/C=C/S(=O)(=O)c1ccccc1)C1=NNCC1c1ccc(Cl)cc1. The van der Waals surface area contributed by atoms with Gasteiger partial charge < -0.3 is 5.43 Å². The van der Waals surface area contributed by atoms with Crippen LogP contribution in [0.4, 0.5) is 0 Å². The van der Waals surface area contributed by atoms with E-state index in [1.54, 1.807) is 42.5 Å². The summed E-state index contributed by atoms with van der Waals surface area (Å²) in [5, 5.41) is 5.65. The van der Waals surface area contributed by atoms with Crippen molar-refractivity contribution in [2.45, 2.75) is 10.8 Å². The highest BCUT2D eigenvalue weighted by Crippen LogP contribution is 2.26. The van der Waals surface area contributed by atoms with Gasteiger partial charge in [-0.2, -0.15) is 5.10 Å². The molecule has 1 aliphatic heterocycles. The summed E-state index contributed by atoms with van der Waals surface area (Å²) in [5.74, 6) is -0.513. The molecule has 0 fully saturated rings. The molecule has 0 saturated heterocycles. The van der Waals surface area contributed by atoms with Gasteiger partial charge in [-0.15, -0.1) is 0 Å². The predicted octanol–water partition coefficient (Wildman–Crippen LogP) is 2.70. The number of halogens is 1. The van der Waals surface area contributed by atoms with Gasteiger partial charge in [-0.05, 0) is 29.8 Å². The summed E-state index contributed by atoms with van der Waals surface area (Å²) in [6.07, 6.45) is 0. The quantitative estimate of drug-likeness (QED) is 0.836. The first-order valence-electron chi connectivity index (χ1n) is 7.59. The van der Waals surface area contributed by atoms with Crippen molar-refractivity contribution in [1.29, 1.82) is 0 Å². The standard InChI is InChI=1S/C17H15ClN2O4S2/c18-14-8-6-13(7-9-14)16-12-19-20-17(16)26(23,24)11-10-25(21,22)15-4-2-1-3-5-15/h1-11,16,19H,12H2/b11-10+. The van der Waals surface area contributed by atoms with Gasteiger partial charge in [-0.1, -0.05) is 41.9 Å². The Morgan fingerprint density at radius 1 is 0.923 bits per heavy atom. The zero-order valence-electron chi connectivity index (χ0n) is 13.4. The van der Waals surface area contributed by atoms with Gasteiger partial charge in [0.25, 0.3) is 0 Å². The van der Waals surface area contributed by atoms with E-state index in [-0.39, 0.29) is 9.94 Å². The molecule has 9 heteroatoms. The first-order valence-corrected chi connectivity index (χ1v) is 11.1. The number of hydrogen-bond donors (Lipinski definition) is 1. The molecule has 1 aliphatic rings. The molecule has 6 nitrogen and oxygen atoms in total. The first-order chi connectivity index (χ1) is 12.3. The van der Waals surface area contributed by atoms with Gasteiger partial charge in [0, 0.05) is 22.4 Å². The van der Waals surface area contributed by atoms with Crippen molar-refractivity contribution >= 4 is 36.3 Å². The van der Waals surface area contributed by atoms with E-state index in [9.17, 15) is 16.8 Å². The molecule has 2 aromatic rings. The third-order valence-electron chi connectivity index (χ3n) is 3.83. The van der Waals surface area contributed by atoms with Crippen LogP contribution in [0.3, 0.4) is 0 Å². The molecule has 2 aromatic carbocycles. The van der Waals surface area contributed by atoms with Gasteiger partial charge in [0.1, 0.15) is 0 Å². The summed E-state index contributed by atoms with van der Waals surface area (Å²) in [7, 11) is -7.88. The minimum atomic E-state index is -4.01. The van der Waals surface area contributed by atoms with Crippen molar-refractivity contribution < 1.29 is 16.8 Å². The monoisotopic (exact) mass is 410 g/mol.